The van der Waals surface area contributed by atoms with E-state index in [0.717, 1.165) is 30.8 Å². The van der Waals surface area contributed by atoms with Crippen molar-refractivity contribution in [1.82, 2.24) is 29.9 Å². The molecule has 1 amide bonds. The first-order valence-electron chi connectivity index (χ1n) is 8.47. The van der Waals surface area contributed by atoms with Gasteiger partial charge in [0, 0.05) is 37.8 Å². The van der Waals surface area contributed by atoms with Crippen LogP contribution < -0.4 is 0 Å². The third kappa shape index (κ3) is 3.05. The van der Waals surface area contributed by atoms with Gasteiger partial charge in [-0.15, -0.1) is 0 Å². The highest BCUT2D eigenvalue weighted by Gasteiger charge is 2.28. The zero-order valence-corrected chi connectivity index (χ0v) is 14.1. The number of nitrogens with zero attached hydrogens (tertiary/aromatic N) is 5. The van der Waals surface area contributed by atoms with Crippen LogP contribution in [0.2, 0.25) is 0 Å². The molecule has 0 radical (unpaired) electrons. The molecule has 1 fully saturated rings. The molecule has 3 aromatic rings. The van der Waals surface area contributed by atoms with Crippen LogP contribution in [-0.2, 0) is 7.05 Å². The van der Waals surface area contributed by atoms with Gasteiger partial charge in [0.05, 0.1) is 0 Å². The van der Waals surface area contributed by atoms with Crippen LogP contribution >= 0.6 is 0 Å². The number of aromatic amines is 1. The number of benzene rings is 1. The second-order valence-electron chi connectivity index (χ2n) is 6.34. The van der Waals surface area contributed by atoms with Gasteiger partial charge >= 0.3 is 0 Å². The van der Waals surface area contributed by atoms with Crippen molar-refractivity contribution in [2.24, 2.45) is 7.05 Å². The minimum Gasteiger partial charge on any atom is -0.337 e. The molecule has 1 saturated heterocycles. The zero-order valence-electron chi connectivity index (χ0n) is 14.1. The quantitative estimate of drug-likeness (QED) is 0.795. The Kier molecular flexibility index (Phi) is 4.05. The average molecular weight is 336 g/mol. The summed E-state index contributed by atoms with van der Waals surface area (Å²) in [5, 5.41) is 11.5. The molecule has 4 rings (SSSR count). The molecular formula is C18H20N6O. The van der Waals surface area contributed by atoms with Crippen LogP contribution in [0, 0.1) is 0 Å². The molecule has 1 N–H and O–H groups in total. The highest BCUT2D eigenvalue weighted by molar-refractivity contribution is 5.92. The summed E-state index contributed by atoms with van der Waals surface area (Å²) >= 11 is 0. The molecule has 1 atom stereocenters. The summed E-state index contributed by atoms with van der Waals surface area (Å²) in [6.07, 6.45) is 3.60. The molecule has 0 spiro atoms. The number of hydrogen-bond acceptors (Lipinski definition) is 4. The zero-order chi connectivity index (χ0) is 17.2. The number of likely N-dealkylation sites (tertiary alicyclic amines) is 1. The molecule has 1 aliphatic rings. The Morgan fingerprint density at radius 1 is 1.24 bits per heavy atom. The van der Waals surface area contributed by atoms with Crippen molar-refractivity contribution >= 4 is 5.91 Å². The summed E-state index contributed by atoms with van der Waals surface area (Å²) < 4.78 is 1.62. The number of piperidine rings is 1. The lowest BCUT2D eigenvalue weighted by Gasteiger charge is -2.31. The van der Waals surface area contributed by atoms with E-state index in [-0.39, 0.29) is 11.8 Å². The number of carbonyl (C=O) groups is 1. The lowest BCUT2D eigenvalue weighted by molar-refractivity contribution is 0.0693. The fourth-order valence-electron chi connectivity index (χ4n) is 3.30. The average Bonchev–Trinajstić information content (AvgIpc) is 3.31. The molecule has 7 nitrogen and oxygen atoms in total. The first kappa shape index (κ1) is 15.6. The van der Waals surface area contributed by atoms with Gasteiger partial charge in [0.2, 0.25) is 0 Å². The SMILES string of the molecule is Cn1nccc1C(=O)N1CCC[C@@H](c2nc(-c3ccccc3)n[nH]2)C1. The van der Waals surface area contributed by atoms with Crippen LogP contribution in [0.4, 0.5) is 0 Å². The number of amides is 1. The van der Waals surface area contributed by atoms with E-state index in [4.69, 9.17) is 0 Å². The van der Waals surface area contributed by atoms with E-state index < -0.39 is 0 Å². The van der Waals surface area contributed by atoms with Crippen LogP contribution in [0.25, 0.3) is 11.4 Å². The maximum absolute atomic E-state index is 12.7. The summed E-state index contributed by atoms with van der Waals surface area (Å²) in [5.41, 5.74) is 1.60. The summed E-state index contributed by atoms with van der Waals surface area (Å²) in [5.74, 6) is 1.75. The van der Waals surface area contributed by atoms with Gasteiger partial charge in [-0.1, -0.05) is 30.3 Å². The molecule has 0 saturated carbocycles. The third-order valence-electron chi connectivity index (χ3n) is 4.67. The molecule has 128 valence electrons. The van der Waals surface area contributed by atoms with Gasteiger partial charge in [0.1, 0.15) is 11.5 Å². The number of aromatic nitrogens is 5. The Bertz CT molecular complexity index is 869. The van der Waals surface area contributed by atoms with E-state index in [1.165, 1.54) is 0 Å². The minimum atomic E-state index is 0.0208. The van der Waals surface area contributed by atoms with Crippen molar-refractivity contribution in [2.75, 3.05) is 13.1 Å². The molecule has 0 unspecified atom stereocenters. The number of aryl methyl sites for hydroxylation is 1. The summed E-state index contributed by atoms with van der Waals surface area (Å²) in [4.78, 5) is 19.2. The standard InChI is InChI=1S/C18H20N6O/c1-23-15(9-10-19-23)18(25)24-11-5-8-14(12-24)17-20-16(21-22-17)13-6-3-2-4-7-13/h2-4,6-7,9-10,14H,5,8,11-12H2,1H3,(H,20,21,22)/t14-/m1/s1. The molecule has 0 bridgehead atoms. The second-order valence-corrected chi connectivity index (χ2v) is 6.34. The first-order valence-corrected chi connectivity index (χ1v) is 8.47. The van der Waals surface area contributed by atoms with Crippen molar-refractivity contribution in [1.29, 1.82) is 0 Å². The van der Waals surface area contributed by atoms with Crippen molar-refractivity contribution in [3.05, 3.63) is 54.1 Å². The molecule has 0 aliphatic carbocycles. The van der Waals surface area contributed by atoms with Gasteiger partial charge in [0.15, 0.2) is 5.82 Å². The topological polar surface area (TPSA) is 79.7 Å². The van der Waals surface area contributed by atoms with Crippen LogP contribution in [-0.4, -0.2) is 48.9 Å². The minimum absolute atomic E-state index is 0.0208. The Morgan fingerprint density at radius 3 is 2.84 bits per heavy atom. The molecule has 2 aromatic heterocycles. The number of nitrogens with one attached hydrogen (secondary N) is 1. The molecule has 1 aromatic carbocycles. The number of carbonyl (C=O) groups excluding carboxylic acids is 1. The fourth-order valence-corrected chi connectivity index (χ4v) is 3.30. The van der Waals surface area contributed by atoms with Gasteiger partial charge < -0.3 is 4.90 Å². The second kappa shape index (κ2) is 6.51. The molecule has 3 heterocycles. The highest BCUT2D eigenvalue weighted by atomic mass is 16.2. The molecular weight excluding hydrogens is 316 g/mol. The normalized spacial score (nSPS) is 17.6. The van der Waals surface area contributed by atoms with Gasteiger partial charge in [-0.05, 0) is 18.9 Å². The monoisotopic (exact) mass is 336 g/mol. The van der Waals surface area contributed by atoms with Gasteiger partial charge in [0.25, 0.3) is 5.91 Å². The van der Waals surface area contributed by atoms with Gasteiger partial charge in [-0.3, -0.25) is 14.6 Å². The third-order valence-corrected chi connectivity index (χ3v) is 4.67. The lowest BCUT2D eigenvalue weighted by Crippen LogP contribution is -2.40. The maximum Gasteiger partial charge on any atom is 0.272 e. The number of rotatable bonds is 3. The van der Waals surface area contributed by atoms with Crippen LogP contribution in [0.5, 0.6) is 0 Å². The van der Waals surface area contributed by atoms with Crippen LogP contribution in [0.15, 0.2) is 42.6 Å². The number of H-pyrrole nitrogens is 1. The van der Waals surface area contributed by atoms with E-state index in [1.54, 1.807) is 24.0 Å². The van der Waals surface area contributed by atoms with Crippen molar-refractivity contribution in [2.45, 2.75) is 18.8 Å². The predicted octanol–water partition coefficient (Wildman–Crippen LogP) is 2.23. The van der Waals surface area contributed by atoms with E-state index in [2.05, 4.69) is 20.3 Å². The predicted molar refractivity (Wildman–Crippen MR) is 92.9 cm³/mol. The van der Waals surface area contributed by atoms with Crippen molar-refractivity contribution < 1.29 is 4.79 Å². The largest absolute Gasteiger partial charge is 0.337 e. The van der Waals surface area contributed by atoms with E-state index in [0.29, 0.717) is 18.1 Å². The Hall–Kier alpha value is -2.96. The summed E-state index contributed by atoms with van der Waals surface area (Å²) in [6.45, 7) is 1.41. The first-order chi connectivity index (χ1) is 12.2. The molecule has 1 aliphatic heterocycles. The smallest absolute Gasteiger partial charge is 0.272 e. The number of hydrogen-bond donors (Lipinski definition) is 1. The van der Waals surface area contributed by atoms with E-state index in [9.17, 15) is 4.79 Å². The van der Waals surface area contributed by atoms with Crippen molar-refractivity contribution in [3.63, 3.8) is 0 Å². The Balaban J connectivity index is 1.51. The molecule has 25 heavy (non-hydrogen) atoms. The lowest BCUT2D eigenvalue weighted by atomic mass is 9.97. The highest BCUT2D eigenvalue weighted by Crippen LogP contribution is 2.26. The molecule has 7 heteroatoms. The fraction of sp³-hybridized carbons (Fsp3) is 0.333. The Labute approximate surface area is 145 Å². The Morgan fingerprint density at radius 2 is 2.08 bits per heavy atom. The van der Waals surface area contributed by atoms with E-state index in [1.807, 2.05) is 35.2 Å². The van der Waals surface area contributed by atoms with Crippen molar-refractivity contribution in [3.8, 4) is 11.4 Å². The van der Waals surface area contributed by atoms with Gasteiger partial charge in [-0.25, -0.2) is 4.98 Å². The van der Waals surface area contributed by atoms with Crippen LogP contribution in [0.1, 0.15) is 35.1 Å². The van der Waals surface area contributed by atoms with Crippen LogP contribution in [0.3, 0.4) is 0 Å². The maximum atomic E-state index is 12.7. The summed E-state index contributed by atoms with van der Waals surface area (Å²) in [6, 6.07) is 11.7. The van der Waals surface area contributed by atoms with E-state index >= 15 is 0 Å². The summed E-state index contributed by atoms with van der Waals surface area (Å²) in [7, 11) is 1.79. The van der Waals surface area contributed by atoms with Gasteiger partial charge in [-0.2, -0.15) is 10.2 Å².